The number of aromatic nitrogens is 1. The van der Waals surface area contributed by atoms with Crippen LogP contribution in [0.4, 0.5) is 0 Å². The predicted octanol–water partition coefficient (Wildman–Crippen LogP) is 5.53. The van der Waals surface area contributed by atoms with Gasteiger partial charge in [0.2, 0.25) is 5.78 Å². The zero-order chi connectivity index (χ0) is 21.8. The molecule has 0 unspecified atom stereocenters. The van der Waals surface area contributed by atoms with Crippen molar-refractivity contribution in [2.75, 3.05) is 6.61 Å². The van der Waals surface area contributed by atoms with Gasteiger partial charge in [-0.25, -0.2) is 4.79 Å². The third-order valence-electron chi connectivity index (χ3n) is 4.98. The number of carbonyl (C=O) groups excluding carboxylic acids is 1. The van der Waals surface area contributed by atoms with Crippen molar-refractivity contribution in [3.8, 4) is 16.9 Å². The number of rotatable bonds is 8. The van der Waals surface area contributed by atoms with Crippen LogP contribution in [0.15, 0.2) is 78.3 Å². The summed E-state index contributed by atoms with van der Waals surface area (Å²) in [5.74, 6) is -0.307. The van der Waals surface area contributed by atoms with Crippen molar-refractivity contribution >= 4 is 23.1 Å². The van der Waals surface area contributed by atoms with Crippen LogP contribution in [-0.4, -0.2) is 28.0 Å². The largest absolute Gasteiger partial charge is 0.492 e. The van der Waals surface area contributed by atoms with E-state index in [9.17, 15) is 14.7 Å². The molecule has 0 atom stereocenters. The van der Waals surface area contributed by atoms with Crippen LogP contribution in [0.25, 0.3) is 11.1 Å². The van der Waals surface area contributed by atoms with Crippen LogP contribution < -0.4 is 4.74 Å². The van der Waals surface area contributed by atoms with Gasteiger partial charge in [-0.2, -0.15) is 0 Å². The molecule has 6 heteroatoms. The SMILES string of the molecule is Cc1ccc(C(=O)c2cccn2CCOc2cccc(-c3ccsc3C(=O)O)c2)cc1. The summed E-state index contributed by atoms with van der Waals surface area (Å²) < 4.78 is 7.78. The highest BCUT2D eigenvalue weighted by Gasteiger charge is 2.15. The molecule has 2 aromatic heterocycles. The van der Waals surface area contributed by atoms with E-state index in [-0.39, 0.29) is 5.78 Å². The molecule has 0 aliphatic heterocycles. The number of aryl methyl sites for hydroxylation is 1. The van der Waals surface area contributed by atoms with Gasteiger partial charge in [0.15, 0.2) is 0 Å². The third-order valence-corrected chi connectivity index (χ3v) is 5.88. The van der Waals surface area contributed by atoms with Crippen LogP contribution in [-0.2, 0) is 6.54 Å². The summed E-state index contributed by atoms with van der Waals surface area (Å²) >= 11 is 1.20. The number of ketones is 1. The molecule has 2 aromatic carbocycles. The molecule has 0 radical (unpaired) electrons. The van der Waals surface area contributed by atoms with Gasteiger partial charge in [-0.05, 0) is 48.2 Å². The van der Waals surface area contributed by atoms with Crippen LogP contribution in [0.2, 0.25) is 0 Å². The van der Waals surface area contributed by atoms with Gasteiger partial charge in [0.25, 0.3) is 0 Å². The van der Waals surface area contributed by atoms with Crippen molar-refractivity contribution in [1.29, 1.82) is 0 Å². The molecule has 0 aliphatic rings. The van der Waals surface area contributed by atoms with E-state index in [0.717, 1.165) is 11.1 Å². The maximum atomic E-state index is 12.8. The lowest BCUT2D eigenvalue weighted by atomic mass is 10.1. The number of aromatic carboxylic acids is 1. The minimum absolute atomic E-state index is 0.0225. The van der Waals surface area contributed by atoms with Gasteiger partial charge in [0.05, 0.1) is 12.2 Å². The molecular weight excluding hydrogens is 410 g/mol. The number of carboxylic acids is 1. The second kappa shape index (κ2) is 9.02. The van der Waals surface area contributed by atoms with E-state index in [2.05, 4.69) is 0 Å². The Bertz CT molecular complexity index is 1220. The topological polar surface area (TPSA) is 68.5 Å². The number of ether oxygens (including phenoxy) is 1. The summed E-state index contributed by atoms with van der Waals surface area (Å²) in [6, 6.07) is 20.4. The van der Waals surface area contributed by atoms with E-state index in [1.54, 1.807) is 11.4 Å². The van der Waals surface area contributed by atoms with Crippen molar-refractivity contribution in [1.82, 2.24) is 4.57 Å². The highest BCUT2D eigenvalue weighted by molar-refractivity contribution is 7.12. The van der Waals surface area contributed by atoms with E-state index < -0.39 is 5.97 Å². The van der Waals surface area contributed by atoms with Crippen LogP contribution in [0, 0.1) is 6.92 Å². The molecule has 31 heavy (non-hydrogen) atoms. The first-order valence-corrected chi connectivity index (χ1v) is 10.7. The Morgan fingerprint density at radius 2 is 1.84 bits per heavy atom. The normalized spacial score (nSPS) is 10.7. The van der Waals surface area contributed by atoms with Gasteiger partial charge in [-0.3, -0.25) is 4.79 Å². The quantitative estimate of drug-likeness (QED) is 0.372. The fourth-order valence-corrected chi connectivity index (χ4v) is 4.14. The first kappa shape index (κ1) is 20.6. The summed E-state index contributed by atoms with van der Waals surface area (Å²) in [6.45, 7) is 2.88. The third kappa shape index (κ3) is 4.59. The van der Waals surface area contributed by atoms with Crippen molar-refractivity contribution in [3.63, 3.8) is 0 Å². The molecule has 0 spiro atoms. The summed E-state index contributed by atoms with van der Waals surface area (Å²) in [4.78, 5) is 24.5. The van der Waals surface area contributed by atoms with E-state index in [4.69, 9.17) is 4.74 Å². The number of hydrogen-bond acceptors (Lipinski definition) is 4. The van der Waals surface area contributed by atoms with Crippen LogP contribution in [0.5, 0.6) is 5.75 Å². The molecule has 0 saturated heterocycles. The Balaban J connectivity index is 1.43. The lowest BCUT2D eigenvalue weighted by Gasteiger charge is -2.11. The number of hydrogen-bond donors (Lipinski definition) is 1. The van der Waals surface area contributed by atoms with E-state index in [0.29, 0.717) is 40.6 Å². The lowest BCUT2D eigenvalue weighted by Crippen LogP contribution is -2.14. The van der Waals surface area contributed by atoms with Gasteiger partial charge in [0, 0.05) is 17.3 Å². The minimum atomic E-state index is -0.935. The minimum Gasteiger partial charge on any atom is -0.492 e. The van der Waals surface area contributed by atoms with Gasteiger partial charge in [-0.15, -0.1) is 11.3 Å². The van der Waals surface area contributed by atoms with Crippen molar-refractivity contribution < 1.29 is 19.4 Å². The fourth-order valence-electron chi connectivity index (χ4n) is 3.39. The number of benzene rings is 2. The summed E-state index contributed by atoms with van der Waals surface area (Å²) in [5, 5.41) is 11.1. The van der Waals surface area contributed by atoms with Gasteiger partial charge < -0.3 is 14.4 Å². The molecule has 1 N–H and O–H groups in total. The number of carboxylic acid groups (broad SMARTS) is 1. The Hall–Kier alpha value is -3.64. The Morgan fingerprint density at radius 1 is 1.03 bits per heavy atom. The number of carbonyl (C=O) groups is 2. The first-order valence-electron chi connectivity index (χ1n) is 9.83. The zero-order valence-electron chi connectivity index (χ0n) is 16.9. The van der Waals surface area contributed by atoms with E-state index >= 15 is 0 Å². The molecule has 5 nitrogen and oxygen atoms in total. The molecule has 156 valence electrons. The molecule has 0 saturated carbocycles. The number of thiophene rings is 1. The van der Waals surface area contributed by atoms with Crippen LogP contribution in [0.1, 0.15) is 31.3 Å². The molecular formula is C25H21NO4S. The molecule has 0 fully saturated rings. The average molecular weight is 432 g/mol. The molecule has 0 aliphatic carbocycles. The maximum absolute atomic E-state index is 12.8. The smallest absolute Gasteiger partial charge is 0.346 e. The summed E-state index contributed by atoms with van der Waals surface area (Å²) in [6.07, 6.45) is 1.87. The Kier molecular flexibility index (Phi) is 6.00. The van der Waals surface area contributed by atoms with Crippen LogP contribution >= 0.6 is 11.3 Å². The van der Waals surface area contributed by atoms with Crippen LogP contribution in [0.3, 0.4) is 0 Å². The second-order valence-corrected chi connectivity index (χ2v) is 8.04. The molecule has 4 rings (SSSR count). The monoisotopic (exact) mass is 431 g/mol. The summed E-state index contributed by atoms with van der Waals surface area (Å²) in [7, 11) is 0. The Morgan fingerprint density at radius 3 is 2.61 bits per heavy atom. The zero-order valence-corrected chi connectivity index (χ0v) is 17.8. The van der Waals surface area contributed by atoms with E-state index in [1.165, 1.54) is 11.3 Å². The molecule has 4 aromatic rings. The highest BCUT2D eigenvalue weighted by Crippen LogP contribution is 2.30. The highest BCUT2D eigenvalue weighted by atomic mass is 32.1. The first-order chi connectivity index (χ1) is 15.0. The van der Waals surface area contributed by atoms with Gasteiger partial charge in [0.1, 0.15) is 17.2 Å². The van der Waals surface area contributed by atoms with Gasteiger partial charge >= 0.3 is 5.97 Å². The average Bonchev–Trinajstić information content (AvgIpc) is 3.44. The standard InChI is InChI=1S/C25H21NO4S/c1-17-7-9-18(10-8-17)23(27)22-6-3-12-26(22)13-14-30-20-5-2-4-19(16-20)21-11-15-31-24(21)25(28)29/h2-12,15-16H,13-14H2,1H3,(H,28,29). The second-order valence-electron chi connectivity index (χ2n) is 7.13. The molecule has 2 heterocycles. The predicted molar refractivity (Wildman–Crippen MR) is 121 cm³/mol. The van der Waals surface area contributed by atoms with Crippen molar-refractivity contribution in [2.45, 2.75) is 13.5 Å². The fraction of sp³-hybridized carbons (Fsp3) is 0.120. The van der Waals surface area contributed by atoms with E-state index in [1.807, 2.05) is 78.4 Å². The molecule has 0 bridgehead atoms. The number of nitrogens with zero attached hydrogens (tertiary/aromatic N) is 1. The van der Waals surface area contributed by atoms with Crippen molar-refractivity contribution in [3.05, 3.63) is 100 Å². The maximum Gasteiger partial charge on any atom is 0.346 e. The lowest BCUT2D eigenvalue weighted by molar-refractivity contribution is 0.0702. The molecule has 0 amide bonds. The Labute approximate surface area is 184 Å². The summed E-state index contributed by atoms with van der Waals surface area (Å²) in [5.41, 5.74) is 3.86. The van der Waals surface area contributed by atoms with Crippen molar-refractivity contribution in [2.24, 2.45) is 0 Å². The van der Waals surface area contributed by atoms with Gasteiger partial charge in [-0.1, -0.05) is 42.0 Å².